The topological polar surface area (TPSA) is 73.2 Å². The lowest BCUT2D eigenvalue weighted by Gasteiger charge is -2.07. The van der Waals surface area contributed by atoms with E-state index in [-0.39, 0.29) is 0 Å². The molecule has 0 aliphatic rings. The number of rotatable bonds is 4. The fourth-order valence-electron chi connectivity index (χ4n) is 2.23. The number of nitrogens with two attached hydrogens (primary N) is 1. The van der Waals surface area contributed by atoms with Crippen LogP contribution < -0.4 is 15.2 Å². The highest BCUT2D eigenvalue weighted by Gasteiger charge is 2.19. The van der Waals surface area contributed by atoms with Crippen LogP contribution >= 0.6 is 11.3 Å². The van der Waals surface area contributed by atoms with E-state index in [1.54, 1.807) is 25.6 Å². The lowest BCUT2D eigenvalue weighted by Crippen LogP contribution is -1.90. The molecule has 0 amide bonds. The lowest BCUT2D eigenvalue weighted by atomic mass is 10.0. The number of methoxy groups -OCH3 is 2. The van der Waals surface area contributed by atoms with Gasteiger partial charge in [0.15, 0.2) is 5.82 Å². The maximum absolute atomic E-state index is 6.04. The largest absolute Gasteiger partial charge is 0.497 e. The maximum atomic E-state index is 6.04. The molecule has 6 heteroatoms. The van der Waals surface area contributed by atoms with Crippen LogP contribution in [0.1, 0.15) is 0 Å². The number of hydrogen-bond donors (Lipinski definition) is 2. The molecular formula is C15H15N3O2S. The molecule has 5 nitrogen and oxygen atoms in total. The van der Waals surface area contributed by atoms with Crippen molar-refractivity contribution in [2.45, 2.75) is 0 Å². The maximum Gasteiger partial charge on any atom is 0.153 e. The van der Waals surface area contributed by atoms with Crippen LogP contribution in [0.5, 0.6) is 11.5 Å². The normalized spacial score (nSPS) is 10.6. The standard InChI is InChI=1S/C15H15N3O2S/c1-19-10-5-3-4-9(8-10)12-13(17-18-15(12)16)14-11(20-2)6-7-21-14/h3-8H,1-2H3,(H3,16,17,18). The second kappa shape index (κ2) is 5.49. The molecule has 21 heavy (non-hydrogen) atoms. The number of hydrogen-bond acceptors (Lipinski definition) is 5. The van der Waals surface area contributed by atoms with E-state index in [4.69, 9.17) is 15.2 Å². The third-order valence-electron chi connectivity index (χ3n) is 3.23. The predicted molar refractivity (Wildman–Crippen MR) is 84.9 cm³/mol. The van der Waals surface area contributed by atoms with Crippen LogP contribution in [0.4, 0.5) is 5.82 Å². The van der Waals surface area contributed by atoms with Gasteiger partial charge in [-0.25, -0.2) is 0 Å². The molecule has 0 bridgehead atoms. The minimum atomic E-state index is 0.453. The second-order valence-corrected chi connectivity index (χ2v) is 5.33. The number of aromatic amines is 1. The van der Waals surface area contributed by atoms with Crippen LogP contribution in [0.3, 0.4) is 0 Å². The van der Waals surface area contributed by atoms with Gasteiger partial charge in [-0.1, -0.05) is 12.1 Å². The third kappa shape index (κ3) is 2.34. The van der Waals surface area contributed by atoms with Crippen molar-refractivity contribution in [3.63, 3.8) is 0 Å². The molecule has 0 unspecified atom stereocenters. The minimum absolute atomic E-state index is 0.453. The van der Waals surface area contributed by atoms with Gasteiger partial charge in [0.2, 0.25) is 0 Å². The molecule has 2 aromatic heterocycles. The van der Waals surface area contributed by atoms with Crippen LogP contribution in [0.25, 0.3) is 21.7 Å². The monoisotopic (exact) mass is 301 g/mol. The highest BCUT2D eigenvalue weighted by atomic mass is 32.1. The van der Waals surface area contributed by atoms with Gasteiger partial charge in [-0.2, -0.15) is 5.10 Å². The highest BCUT2D eigenvalue weighted by Crippen LogP contribution is 2.42. The summed E-state index contributed by atoms with van der Waals surface area (Å²) >= 11 is 1.58. The van der Waals surface area contributed by atoms with E-state index in [0.717, 1.165) is 33.2 Å². The number of aromatic nitrogens is 2. The summed E-state index contributed by atoms with van der Waals surface area (Å²) < 4.78 is 10.7. The molecular weight excluding hydrogens is 286 g/mol. The van der Waals surface area contributed by atoms with E-state index in [9.17, 15) is 0 Å². The van der Waals surface area contributed by atoms with Crippen LogP contribution in [-0.2, 0) is 0 Å². The number of ether oxygens (including phenoxy) is 2. The van der Waals surface area contributed by atoms with Gasteiger partial charge in [0.1, 0.15) is 11.5 Å². The van der Waals surface area contributed by atoms with E-state index in [2.05, 4.69) is 10.2 Å². The zero-order valence-electron chi connectivity index (χ0n) is 11.7. The van der Waals surface area contributed by atoms with Crippen molar-refractivity contribution >= 4 is 17.2 Å². The first-order valence-electron chi connectivity index (χ1n) is 6.34. The first-order valence-corrected chi connectivity index (χ1v) is 7.22. The van der Waals surface area contributed by atoms with E-state index in [1.165, 1.54) is 0 Å². The fraction of sp³-hybridized carbons (Fsp3) is 0.133. The molecule has 3 N–H and O–H groups in total. The number of H-pyrrole nitrogens is 1. The Hall–Kier alpha value is -2.47. The molecule has 2 heterocycles. The quantitative estimate of drug-likeness (QED) is 0.774. The van der Waals surface area contributed by atoms with Crippen molar-refractivity contribution in [3.05, 3.63) is 35.7 Å². The van der Waals surface area contributed by atoms with Gasteiger partial charge < -0.3 is 15.2 Å². The molecule has 0 aliphatic heterocycles. The van der Waals surface area contributed by atoms with Crippen LogP contribution in [-0.4, -0.2) is 24.4 Å². The number of thiophene rings is 1. The zero-order valence-corrected chi connectivity index (χ0v) is 12.5. The number of nitrogen functional groups attached to an aromatic ring is 1. The van der Waals surface area contributed by atoms with Gasteiger partial charge in [-0.15, -0.1) is 11.3 Å². The fourth-order valence-corrected chi connectivity index (χ4v) is 3.09. The Labute approximate surface area is 126 Å². The summed E-state index contributed by atoms with van der Waals surface area (Å²) in [4.78, 5) is 0.972. The Kier molecular flexibility index (Phi) is 3.53. The zero-order chi connectivity index (χ0) is 14.8. The van der Waals surface area contributed by atoms with Crippen molar-refractivity contribution in [1.82, 2.24) is 10.2 Å². The second-order valence-electron chi connectivity index (χ2n) is 4.41. The van der Waals surface area contributed by atoms with Crippen molar-refractivity contribution in [1.29, 1.82) is 0 Å². The first-order chi connectivity index (χ1) is 10.2. The van der Waals surface area contributed by atoms with Crippen LogP contribution in [0.15, 0.2) is 35.7 Å². The summed E-state index contributed by atoms with van der Waals surface area (Å²) in [7, 11) is 3.29. The van der Waals surface area contributed by atoms with Gasteiger partial charge in [0.25, 0.3) is 0 Å². The van der Waals surface area contributed by atoms with Crippen molar-refractivity contribution < 1.29 is 9.47 Å². The molecule has 0 spiro atoms. The summed E-state index contributed by atoms with van der Waals surface area (Å²) in [6.45, 7) is 0. The van der Waals surface area contributed by atoms with Crippen molar-refractivity contribution in [2.24, 2.45) is 0 Å². The SMILES string of the molecule is COc1cccc(-c2c(N)n[nH]c2-c2sccc2OC)c1. The van der Waals surface area contributed by atoms with E-state index >= 15 is 0 Å². The third-order valence-corrected chi connectivity index (χ3v) is 4.14. The van der Waals surface area contributed by atoms with Crippen LogP contribution in [0.2, 0.25) is 0 Å². The number of nitrogens with one attached hydrogen (secondary N) is 1. The smallest absolute Gasteiger partial charge is 0.153 e. The average molecular weight is 301 g/mol. The molecule has 0 saturated heterocycles. The van der Waals surface area contributed by atoms with Gasteiger partial charge in [-0.05, 0) is 29.1 Å². The number of anilines is 1. The van der Waals surface area contributed by atoms with Crippen LogP contribution in [0, 0.1) is 0 Å². The molecule has 0 saturated carbocycles. The Morgan fingerprint density at radius 3 is 2.81 bits per heavy atom. The molecule has 0 aliphatic carbocycles. The average Bonchev–Trinajstić information content (AvgIpc) is 3.13. The van der Waals surface area contributed by atoms with Crippen molar-refractivity contribution in [2.75, 3.05) is 20.0 Å². The molecule has 1 aromatic carbocycles. The van der Waals surface area contributed by atoms with Gasteiger partial charge in [0.05, 0.1) is 30.4 Å². The van der Waals surface area contributed by atoms with Gasteiger partial charge >= 0.3 is 0 Å². The highest BCUT2D eigenvalue weighted by molar-refractivity contribution is 7.14. The Bertz CT molecular complexity index is 764. The number of nitrogens with zero attached hydrogens (tertiary/aromatic N) is 1. The van der Waals surface area contributed by atoms with E-state index in [1.807, 2.05) is 35.7 Å². The summed E-state index contributed by atoms with van der Waals surface area (Å²) in [6.07, 6.45) is 0. The molecule has 0 atom stereocenters. The first kappa shape index (κ1) is 13.5. The van der Waals surface area contributed by atoms with E-state index < -0.39 is 0 Å². The summed E-state index contributed by atoms with van der Waals surface area (Å²) in [6, 6.07) is 9.66. The molecule has 0 radical (unpaired) electrons. The molecule has 0 fully saturated rings. The molecule has 3 rings (SSSR count). The van der Waals surface area contributed by atoms with Crippen molar-refractivity contribution in [3.8, 4) is 33.2 Å². The lowest BCUT2D eigenvalue weighted by molar-refractivity contribution is 0.415. The van der Waals surface area contributed by atoms with Gasteiger partial charge in [0, 0.05) is 0 Å². The predicted octanol–water partition coefficient (Wildman–Crippen LogP) is 3.40. The minimum Gasteiger partial charge on any atom is -0.497 e. The number of benzene rings is 1. The molecule has 108 valence electrons. The summed E-state index contributed by atoms with van der Waals surface area (Å²) in [5, 5.41) is 9.12. The van der Waals surface area contributed by atoms with E-state index in [0.29, 0.717) is 5.82 Å². The van der Waals surface area contributed by atoms with Gasteiger partial charge in [-0.3, -0.25) is 5.10 Å². The Morgan fingerprint density at radius 2 is 2.05 bits per heavy atom. The molecule has 3 aromatic rings. The Morgan fingerprint density at radius 1 is 1.19 bits per heavy atom. The summed E-state index contributed by atoms with van der Waals surface area (Å²) in [5.41, 5.74) is 8.70. The summed E-state index contributed by atoms with van der Waals surface area (Å²) in [5.74, 6) is 2.03. The Balaban J connectivity index is 2.17.